The molecule has 4 amide bonds. The van der Waals surface area contributed by atoms with Crippen LogP contribution in [-0.4, -0.2) is 53.3 Å². The summed E-state index contributed by atoms with van der Waals surface area (Å²) in [6.07, 6.45) is 1.60. The van der Waals surface area contributed by atoms with Gasteiger partial charge in [-0.1, -0.05) is 0 Å². The van der Waals surface area contributed by atoms with Gasteiger partial charge in [-0.05, 0) is 72.5 Å². The van der Waals surface area contributed by atoms with Crippen molar-refractivity contribution in [2.24, 2.45) is 0 Å². The van der Waals surface area contributed by atoms with E-state index in [4.69, 9.17) is 10.2 Å². The Hall–Kier alpha value is -2.57. The Bertz CT molecular complexity index is 698. The molecule has 0 heterocycles. The standard InChI is InChI=1S/C18H25IN4O6/c19-12-4-6-13(7-5-12)22-17(28)20-10-2-1-3-11-21-18(29)23-14(16(26)27)8-9-15(24)25/h4-7,14H,1-3,8-11H2,(H,24,25)(H,26,27)(H2,20,22,28)(H2,21,23,29)/t14-/m0/s1/i19+4. The van der Waals surface area contributed by atoms with E-state index in [-0.39, 0.29) is 18.9 Å². The molecule has 1 aromatic carbocycles. The van der Waals surface area contributed by atoms with E-state index in [2.05, 4.69) is 43.9 Å². The molecule has 29 heavy (non-hydrogen) atoms. The number of carboxylic acid groups (broad SMARTS) is 2. The molecule has 1 aromatic rings. The molecule has 160 valence electrons. The van der Waals surface area contributed by atoms with Gasteiger partial charge in [-0.3, -0.25) is 4.79 Å². The fourth-order valence-electron chi connectivity index (χ4n) is 2.27. The van der Waals surface area contributed by atoms with Crippen LogP contribution in [0.25, 0.3) is 0 Å². The highest BCUT2D eigenvalue weighted by Crippen LogP contribution is 2.10. The van der Waals surface area contributed by atoms with Crippen LogP contribution in [0, 0.1) is 3.57 Å². The smallest absolute Gasteiger partial charge is 0.326 e. The number of carboxylic acids is 2. The highest BCUT2D eigenvalue weighted by Gasteiger charge is 2.20. The third kappa shape index (κ3) is 11.8. The van der Waals surface area contributed by atoms with Gasteiger partial charge in [0, 0.05) is 28.8 Å². The Morgan fingerprint density at radius 2 is 1.48 bits per heavy atom. The molecule has 11 heteroatoms. The monoisotopic (exact) mass is 524 g/mol. The minimum Gasteiger partial charge on any atom is -0.481 e. The van der Waals surface area contributed by atoms with Gasteiger partial charge in [0.1, 0.15) is 6.04 Å². The number of unbranched alkanes of at least 4 members (excludes halogenated alkanes) is 2. The zero-order valence-electron chi connectivity index (χ0n) is 15.7. The second-order valence-electron chi connectivity index (χ2n) is 6.17. The lowest BCUT2D eigenvalue weighted by Crippen LogP contribution is -2.46. The van der Waals surface area contributed by atoms with E-state index in [1.807, 2.05) is 24.3 Å². The molecule has 0 bridgehead atoms. The Balaban J connectivity index is 2.10. The van der Waals surface area contributed by atoms with E-state index in [9.17, 15) is 19.2 Å². The van der Waals surface area contributed by atoms with Crippen LogP contribution in [0.1, 0.15) is 32.1 Å². The average molecular weight is 524 g/mol. The summed E-state index contributed by atoms with van der Waals surface area (Å²) in [4.78, 5) is 44.9. The molecule has 0 saturated carbocycles. The number of carbonyl (C=O) groups is 4. The molecule has 0 aliphatic rings. The quantitative estimate of drug-likeness (QED) is 0.182. The minimum absolute atomic E-state index is 0.186. The highest BCUT2D eigenvalue weighted by atomic mass is 131. The van der Waals surface area contributed by atoms with Crippen LogP contribution in [-0.2, 0) is 9.59 Å². The van der Waals surface area contributed by atoms with Crippen molar-refractivity contribution in [3.8, 4) is 0 Å². The number of hydrogen-bond donors (Lipinski definition) is 6. The number of halogens is 1. The van der Waals surface area contributed by atoms with Gasteiger partial charge < -0.3 is 31.5 Å². The molecule has 0 radical (unpaired) electrons. The molecular formula is C18H25IN4O6. The van der Waals surface area contributed by atoms with Crippen molar-refractivity contribution in [3.05, 3.63) is 27.8 Å². The van der Waals surface area contributed by atoms with Crippen LogP contribution in [0.15, 0.2) is 24.3 Å². The van der Waals surface area contributed by atoms with Gasteiger partial charge >= 0.3 is 24.0 Å². The first-order chi connectivity index (χ1) is 13.8. The zero-order chi connectivity index (χ0) is 21.6. The minimum atomic E-state index is -1.28. The second-order valence-corrected chi connectivity index (χ2v) is 7.42. The van der Waals surface area contributed by atoms with Crippen LogP contribution in [0.3, 0.4) is 0 Å². The number of rotatable bonds is 12. The molecule has 10 nitrogen and oxygen atoms in total. The van der Waals surface area contributed by atoms with Crippen molar-refractivity contribution < 1.29 is 29.4 Å². The van der Waals surface area contributed by atoms with E-state index in [0.29, 0.717) is 25.2 Å². The van der Waals surface area contributed by atoms with E-state index in [1.54, 1.807) is 0 Å². The first-order valence-electron chi connectivity index (χ1n) is 9.07. The number of amides is 4. The number of hydrogen-bond acceptors (Lipinski definition) is 4. The summed E-state index contributed by atoms with van der Waals surface area (Å²) in [5.41, 5.74) is 0.709. The predicted octanol–water partition coefficient (Wildman–Crippen LogP) is 2.20. The fraction of sp³-hybridized carbons (Fsp3) is 0.444. The van der Waals surface area contributed by atoms with Crippen molar-refractivity contribution >= 4 is 52.3 Å². The van der Waals surface area contributed by atoms with Gasteiger partial charge in [-0.2, -0.15) is 0 Å². The Morgan fingerprint density at radius 1 is 0.897 bits per heavy atom. The van der Waals surface area contributed by atoms with Crippen LogP contribution in [0.5, 0.6) is 0 Å². The molecule has 0 unspecified atom stereocenters. The van der Waals surface area contributed by atoms with Gasteiger partial charge in [0.2, 0.25) is 0 Å². The van der Waals surface area contributed by atoms with Crippen molar-refractivity contribution in [1.29, 1.82) is 0 Å². The molecule has 1 atom stereocenters. The molecule has 0 fully saturated rings. The van der Waals surface area contributed by atoms with E-state index in [1.165, 1.54) is 0 Å². The lowest BCUT2D eigenvalue weighted by molar-refractivity contribution is -0.140. The number of nitrogens with one attached hydrogen (secondary N) is 4. The van der Waals surface area contributed by atoms with Crippen LogP contribution in [0.4, 0.5) is 15.3 Å². The molecule has 6 N–H and O–H groups in total. The Kier molecular flexibility index (Phi) is 11.5. The third-order valence-corrected chi connectivity index (χ3v) is 4.50. The average Bonchev–Trinajstić information content (AvgIpc) is 2.65. The topological polar surface area (TPSA) is 157 Å². The summed E-state index contributed by atoms with van der Waals surface area (Å²) < 4.78 is 1.08. The maximum atomic E-state index is 11.8. The summed E-state index contributed by atoms with van der Waals surface area (Å²) in [6, 6.07) is 5.22. The number of anilines is 1. The third-order valence-electron chi connectivity index (χ3n) is 3.78. The van der Waals surface area contributed by atoms with Crippen LogP contribution in [0.2, 0.25) is 0 Å². The lowest BCUT2D eigenvalue weighted by Gasteiger charge is -2.14. The van der Waals surface area contributed by atoms with E-state index in [0.717, 1.165) is 16.4 Å². The SMILES string of the molecule is O=C(O)CC[C@H](NC(=O)NCCCCCNC(=O)Nc1ccc([131I])cc1)C(=O)O. The summed E-state index contributed by atoms with van der Waals surface area (Å²) in [6.45, 7) is 0.824. The predicted molar refractivity (Wildman–Crippen MR) is 115 cm³/mol. The largest absolute Gasteiger partial charge is 0.481 e. The normalized spacial score (nSPS) is 11.2. The number of urea groups is 2. The summed E-state index contributed by atoms with van der Waals surface area (Å²) >= 11 is 2.18. The van der Waals surface area contributed by atoms with Crippen LogP contribution < -0.4 is 21.3 Å². The first kappa shape index (κ1) is 24.5. The van der Waals surface area contributed by atoms with Crippen molar-refractivity contribution in [2.75, 3.05) is 18.4 Å². The van der Waals surface area contributed by atoms with Crippen molar-refractivity contribution in [1.82, 2.24) is 16.0 Å². The molecule has 0 aromatic heterocycles. The molecular weight excluding hydrogens is 499 g/mol. The highest BCUT2D eigenvalue weighted by molar-refractivity contribution is 14.1. The number of benzene rings is 1. The maximum absolute atomic E-state index is 11.8. The van der Waals surface area contributed by atoms with Gasteiger partial charge in [0.15, 0.2) is 0 Å². The summed E-state index contributed by atoms with van der Waals surface area (Å²) in [7, 11) is 0. The van der Waals surface area contributed by atoms with Crippen LogP contribution >= 0.6 is 22.6 Å². The number of aliphatic carboxylic acids is 2. The number of carbonyl (C=O) groups excluding carboxylic acids is 2. The van der Waals surface area contributed by atoms with Gasteiger partial charge in [0.25, 0.3) is 0 Å². The second kappa shape index (κ2) is 13.6. The van der Waals surface area contributed by atoms with Crippen molar-refractivity contribution in [2.45, 2.75) is 38.1 Å². The molecule has 0 saturated heterocycles. The van der Waals surface area contributed by atoms with E-state index < -0.39 is 24.0 Å². The van der Waals surface area contributed by atoms with Gasteiger partial charge in [-0.15, -0.1) is 0 Å². The molecule has 1 rings (SSSR count). The molecule has 0 aliphatic heterocycles. The lowest BCUT2D eigenvalue weighted by atomic mass is 10.1. The summed E-state index contributed by atoms with van der Waals surface area (Å²) in [5.74, 6) is -2.41. The summed E-state index contributed by atoms with van der Waals surface area (Å²) in [5, 5.41) is 27.8. The molecule has 0 spiro atoms. The van der Waals surface area contributed by atoms with Gasteiger partial charge in [0.05, 0.1) is 0 Å². The molecule has 0 aliphatic carbocycles. The Morgan fingerprint density at radius 3 is 2.03 bits per heavy atom. The fourth-order valence-corrected chi connectivity index (χ4v) is 2.63. The maximum Gasteiger partial charge on any atom is 0.326 e. The van der Waals surface area contributed by atoms with Crippen molar-refractivity contribution in [3.63, 3.8) is 0 Å². The van der Waals surface area contributed by atoms with E-state index >= 15 is 0 Å². The zero-order valence-corrected chi connectivity index (χ0v) is 17.9. The van der Waals surface area contributed by atoms with Gasteiger partial charge in [-0.25, -0.2) is 14.4 Å². The first-order valence-corrected chi connectivity index (χ1v) is 10.1. The Labute approximate surface area is 182 Å².